The largest absolute Gasteiger partial charge is 0.381 e. The molecule has 2 bridgehead atoms. The van der Waals surface area contributed by atoms with Crippen molar-refractivity contribution in [2.45, 2.75) is 55.7 Å². The maximum absolute atomic E-state index is 13.2. The van der Waals surface area contributed by atoms with Crippen LogP contribution in [0, 0.1) is 12.7 Å². The van der Waals surface area contributed by atoms with E-state index in [1.54, 1.807) is 18.3 Å². The molecule has 116 valence electrons. The van der Waals surface area contributed by atoms with Crippen LogP contribution in [-0.2, 0) is 14.8 Å². The van der Waals surface area contributed by atoms with Crippen molar-refractivity contribution < 1.29 is 17.5 Å². The highest BCUT2D eigenvalue weighted by molar-refractivity contribution is 7.89. The average molecular weight is 313 g/mol. The molecule has 2 fully saturated rings. The molecule has 2 aliphatic rings. The summed E-state index contributed by atoms with van der Waals surface area (Å²) in [6.45, 7) is 1.64. The fourth-order valence-electron chi connectivity index (χ4n) is 3.68. The lowest BCUT2D eigenvalue weighted by Gasteiger charge is -2.37. The van der Waals surface area contributed by atoms with E-state index in [0.29, 0.717) is 5.56 Å². The number of benzene rings is 1. The van der Waals surface area contributed by atoms with Crippen molar-refractivity contribution in [3.05, 3.63) is 29.6 Å². The predicted molar refractivity (Wildman–Crippen MR) is 77.0 cm³/mol. The van der Waals surface area contributed by atoms with Crippen molar-refractivity contribution in [1.29, 1.82) is 0 Å². The van der Waals surface area contributed by atoms with Gasteiger partial charge in [0.2, 0.25) is 10.0 Å². The van der Waals surface area contributed by atoms with E-state index in [-0.39, 0.29) is 23.1 Å². The quantitative estimate of drug-likeness (QED) is 0.861. The number of rotatable bonds is 3. The second kappa shape index (κ2) is 5.34. The number of fused-ring (bicyclic) bond motifs is 2. The molecule has 2 aliphatic heterocycles. The Kier molecular flexibility index (Phi) is 3.80. The van der Waals surface area contributed by atoms with E-state index in [1.165, 1.54) is 18.2 Å². The minimum Gasteiger partial charge on any atom is -0.381 e. The van der Waals surface area contributed by atoms with Crippen LogP contribution in [0.4, 0.5) is 4.39 Å². The van der Waals surface area contributed by atoms with Gasteiger partial charge in [0.05, 0.1) is 11.0 Å². The number of sulfonamides is 1. The first-order valence-corrected chi connectivity index (χ1v) is 8.70. The van der Waals surface area contributed by atoms with Crippen LogP contribution in [0.15, 0.2) is 23.1 Å². The SMILES string of the molecule is COC1CC2CCC(C1)N2S(=O)(=O)c1ccc(F)cc1C. The molecule has 21 heavy (non-hydrogen) atoms. The fraction of sp³-hybridized carbons (Fsp3) is 0.600. The highest BCUT2D eigenvalue weighted by atomic mass is 32.2. The Morgan fingerprint density at radius 1 is 1.24 bits per heavy atom. The van der Waals surface area contributed by atoms with Gasteiger partial charge in [-0.25, -0.2) is 12.8 Å². The second-order valence-electron chi connectivity index (χ2n) is 5.96. The number of aryl methyl sites for hydroxylation is 1. The predicted octanol–water partition coefficient (Wildman–Crippen LogP) is 2.46. The zero-order chi connectivity index (χ0) is 15.2. The minimum absolute atomic E-state index is 0.00292. The lowest BCUT2D eigenvalue weighted by atomic mass is 10.0. The zero-order valence-electron chi connectivity index (χ0n) is 12.3. The van der Waals surface area contributed by atoms with Gasteiger partial charge in [-0.3, -0.25) is 0 Å². The van der Waals surface area contributed by atoms with Crippen molar-refractivity contribution in [2.75, 3.05) is 7.11 Å². The Balaban J connectivity index is 1.96. The minimum atomic E-state index is -3.57. The molecule has 0 N–H and O–H groups in total. The summed E-state index contributed by atoms with van der Waals surface area (Å²) in [5.41, 5.74) is 0.461. The van der Waals surface area contributed by atoms with E-state index >= 15 is 0 Å². The maximum Gasteiger partial charge on any atom is 0.243 e. The highest BCUT2D eigenvalue weighted by Crippen LogP contribution is 2.40. The Labute approximate surface area is 125 Å². The Hall–Kier alpha value is -0.980. The van der Waals surface area contributed by atoms with Crippen LogP contribution >= 0.6 is 0 Å². The van der Waals surface area contributed by atoms with Gasteiger partial charge >= 0.3 is 0 Å². The number of halogens is 1. The molecule has 2 atom stereocenters. The molecule has 0 saturated carbocycles. The summed E-state index contributed by atoms with van der Waals surface area (Å²) in [6.07, 6.45) is 3.38. The standard InChI is InChI=1S/C15H20FNO3S/c1-10-7-11(16)3-6-15(10)21(18,19)17-12-4-5-13(17)9-14(8-12)20-2/h3,6-7,12-14H,4-5,8-9H2,1-2H3. The number of piperidine rings is 1. The van der Waals surface area contributed by atoms with Gasteiger partial charge in [0, 0.05) is 19.2 Å². The summed E-state index contributed by atoms with van der Waals surface area (Å²) in [7, 11) is -1.89. The molecule has 0 spiro atoms. The first-order valence-electron chi connectivity index (χ1n) is 7.26. The van der Waals surface area contributed by atoms with Gasteiger partial charge in [-0.15, -0.1) is 0 Å². The molecule has 1 aromatic rings. The summed E-state index contributed by atoms with van der Waals surface area (Å²) in [4.78, 5) is 0.219. The zero-order valence-corrected chi connectivity index (χ0v) is 13.1. The highest BCUT2D eigenvalue weighted by Gasteiger charge is 2.47. The summed E-state index contributed by atoms with van der Waals surface area (Å²) < 4.78 is 46.1. The van der Waals surface area contributed by atoms with E-state index in [1.807, 2.05) is 0 Å². The summed E-state index contributed by atoms with van der Waals surface area (Å²) in [5.74, 6) is -0.410. The van der Waals surface area contributed by atoms with E-state index in [4.69, 9.17) is 4.74 Å². The molecule has 2 saturated heterocycles. The molecule has 0 amide bonds. The second-order valence-corrected chi connectivity index (χ2v) is 7.77. The van der Waals surface area contributed by atoms with Gasteiger partial charge in [0.1, 0.15) is 5.82 Å². The number of methoxy groups -OCH3 is 1. The number of ether oxygens (including phenoxy) is 1. The van der Waals surface area contributed by atoms with Crippen LogP contribution in [0.3, 0.4) is 0 Å². The Morgan fingerprint density at radius 2 is 1.86 bits per heavy atom. The van der Waals surface area contributed by atoms with E-state index in [2.05, 4.69) is 0 Å². The van der Waals surface area contributed by atoms with Crippen LogP contribution in [0.25, 0.3) is 0 Å². The normalized spacial score (nSPS) is 29.8. The van der Waals surface area contributed by atoms with Crippen LogP contribution < -0.4 is 0 Å². The van der Waals surface area contributed by atoms with Crippen molar-refractivity contribution in [3.63, 3.8) is 0 Å². The van der Waals surface area contributed by atoms with Crippen LogP contribution in [0.2, 0.25) is 0 Å². The number of nitrogens with zero attached hydrogens (tertiary/aromatic N) is 1. The third-order valence-corrected chi connectivity index (χ3v) is 6.81. The summed E-state index contributed by atoms with van der Waals surface area (Å²) in [5, 5.41) is 0. The summed E-state index contributed by atoms with van der Waals surface area (Å²) in [6, 6.07) is 3.87. The maximum atomic E-state index is 13.2. The van der Waals surface area contributed by atoms with Crippen molar-refractivity contribution in [2.24, 2.45) is 0 Å². The lowest BCUT2D eigenvalue weighted by molar-refractivity contribution is 0.0349. The topological polar surface area (TPSA) is 46.6 Å². The molecule has 3 rings (SSSR count). The van der Waals surface area contributed by atoms with E-state index < -0.39 is 15.8 Å². The number of hydrogen-bond acceptors (Lipinski definition) is 3. The van der Waals surface area contributed by atoms with Crippen LogP contribution in [0.5, 0.6) is 0 Å². The lowest BCUT2D eigenvalue weighted by Crippen LogP contribution is -2.48. The van der Waals surface area contributed by atoms with Gasteiger partial charge in [-0.1, -0.05) is 0 Å². The monoisotopic (exact) mass is 313 g/mol. The van der Waals surface area contributed by atoms with E-state index in [9.17, 15) is 12.8 Å². The van der Waals surface area contributed by atoms with Gasteiger partial charge in [-0.2, -0.15) is 4.31 Å². The molecule has 1 aromatic carbocycles. The molecular weight excluding hydrogens is 293 g/mol. The average Bonchev–Trinajstić information content (AvgIpc) is 2.70. The van der Waals surface area contributed by atoms with Crippen LogP contribution in [0.1, 0.15) is 31.2 Å². The van der Waals surface area contributed by atoms with Gasteiger partial charge in [0.25, 0.3) is 0 Å². The third-order valence-electron chi connectivity index (χ3n) is 4.65. The summed E-state index contributed by atoms with van der Waals surface area (Å²) >= 11 is 0. The van der Waals surface area contributed by atoms with Crippen molar-refractivity contribution in [1.82, 2.24) is 4.31 Å². The number of hydrogen-bond donors (Lipinski definition) is 0. The first-order chi connectivity index (χ1) is 9.93. The molecule has 0 aliphatic carbocycles. The van der Waals surface area contributed by atoms with Crippen LogP contribution in [-0.4, -0.2) is 38.0 Å². The van der Waals surface area contributed by atoms with Crippen molar-refractivity contribution in [3.8, 4) is 0 Å². The third kappa shape index (κ3) is 2.49. The molecule has 2 heterocycles. The molecule has 2 unspecified atom stereocenters. The Bertz CT molecular complexity index is 632. The van der Waals surface area contributed by atoms with Gasteiger partial charge in [0.15, 0.2) is 0 Å². The van der Waals surface area contributed by atoms with Gasteiger partial charge < -0.3 is 4.74 Å². The molecule has 0 aromatic heterocycles. The van der Waals surface area contributed by atoms with Gasteiger partial charge in [-0.05, 0) is 56.4 Å². The Morgan fingerprint density at radius 3 is 2.38 bits per heavy atom. The van der Waals surface area contributed by atoms with E-state index in [0.717, 1.165) is 25.7 Å². The molecular formula is C15H20FNO3S. The van der Waals surface area contributed by atoms with Crippen molar-refractivity contribution >= 4 is 10.0 Å². The first kappa shape index (κ1) is 14.9. The molecule has 6 heteroatoms. The molecule has 4 nitrogen and oxygen atoms in total. The molecule has 0 radical (unpaired) electrons. The fourth-order valence-corrected chi connectivity index (χ4v) is 5.79. The smallest absolute Gasteiger partial charge is 0.243 e.